The molecule has 0 radical (unpaired) electrons. The molecule has 1 aromatic rings. The van der Waals surface area contributed by atoms with Crippen LogP contribution in [0.25, 0.3) is 0 Å². The number of hydrogen-bond acceptors (Lipinski definition) is 3. The van der Waals surface area contributed by atoms with Crippen LogP contribution >= 0.6 is 23.4 Å². The van der Waals surface area contributed by atoms with Crippen LogP contribution < -0.4 is 5.73 Å². The van der Waals surface area contributed by atoms with Crippen molar-refractivity contribution in [3.8, 4) is 0 Å². The third kappa shape index (κ3) is 3.17. The summed E-state index contributed by atoms with van der Waals surface area (Å²) in [5.41, 5.74) is 6.67. The Morgan fingerprint density at radius 2 is 2.21 bits per heavy atom. The molecule has 0 atom stereocenters. The van der Waals surface area contributed by atoms with Gasteiger partial charge in [0.25, 0.3) is 0 Å². The number of benzene rings is 1. The highest BCUT2D eigenvalue weighted by atomic mass is 35.5. The van der Waals surface area contributed by atoms with Gasteiger partial charge < -0.3 is 10.8 Å². The zero-order valence-electron chi connectivity index (χ0n) is 7.87. The van der Waals surface area contributed by atoms with Gasteiger partial charge in [-0.3, -0.25) is 0 Å². The number of rotatable bonds is 5. The summed E-state index contributed by atoms with van der Waals surface area (Å²) in [6.45, 7) is 0.720. The van der Waals surface area contributed by atoms with Gasteiger partial charge in [-0.2, -0.15) is 0 Å². The van der Waals surface area contributed by atoms with Crippen LogP contribution in [0, 0.1) is 0 Å². The summed E-state index contributed by atoms with van der Waals surface area (Å²) in [5.74, 6) is 0.868. The summed E-state index contributed by atoms with van der Waals surface area (Å²) in [4.78, 5) is 1.05. The van der Waals surface area contributed by atoms with Crippen LogP contribution in [0.3, 0.4) is 0 Å². The number of thioether (sulfide) groups is 1. The van der Waals surface area contributed by atoms with Gasteiger partial charge in [0.05, 0.1) is 5.02 Å². The SMILES string of the molecule is NCc1cccc(Cl)c1SCCCO. The average molecular weight is 232 g/mol. The van der Waals surface area contributed by atoms with E-state index in [0.717, 1.165) is 27.7 Å². The van der Waals surface area contributed by atoms with E-state index >= 15 is 0 Å². The monoisotopic (exact) mass is 231 g/mol. The largest absolute Gasteiger partial charge is 0.396 e. The number of aliphatic hydroxyl groups is 1. The second kappa shape index (κ2) is 6.30. The first-order valence-electron chi connectivity index (χ1n) is 4.50. The Kier molecular flexibility index (Phi) is 5.33. The van der Waals surface area contributed by atoms with E-state index in [2.05, 4.69) is 0 Å². The van der Waals surface area contributed by atoms with Crippen LogP contribution in [0.2, 0.25) is 5.02 Å². The molecule has 0 bridgehead atoms. The van der Waals surface area contributed by atoms with Crippen molar-refractivity contribution in [2.45, 2.75) is 17.9 Å². The fourth-order valence-corrected chi connectivity index (χ4v) is 2.49. The van der Waals surface area contributed by atoms with E-state index in [4.69, 9.17) is 22.4 Å². The van der Waals surface area contributed by atoms with E-state index in [-0.39, 0.29) is 6.61 Å². The minimum atomic E-state index is 0.218. The van der Waals surface area contributed by atoms with Crippen molar-refractivity contribution < 1.29 is 5.11 Å². The fraction of sp³-hybridized carbons (Fsp3) is 0.400. The molecular formula is C10H14ClNOS. The molecule has 0 heterocycles. The first kappa shape index (κ1) is 11.9. The van der Waals surface area contributed by atoms with Crippen molar-refractivity contribution in [2.75, 3.05) is 12.4 Å². The predicted molar refractivity (Wildman–Crippen MR) is 61.8 cm³/mol. The quantitative estimate of drug-likeness (QED) is 0.604. The number of halogens is 1. The standard InChI is InChI=1S/C10H14ClNOS/c11-9-4-1-3-8(7-12)10(9)14-6-2-5-13/h1,3-4,13H,2,5-7,12H2. The predicted octanol–water partition coefficient (Wildman–Crippen LogP) is 2.27. The lowest BCUT2D eigenvalue weighted by Gasteiger charge is -2.08. The van der Waals surface area contributed by atoms with Gasteiger partial charge in [-0.15, -0.1) is 11.8 Å². The van der Waals surface area contributed by atoms with Crippen molar-refractivity contribution in [1.82, 2.24) is 0 Å². The molecule has 4 heteroatoms. The Bertz CT molecular complexity index is 293. The van der Waals surface area contributed by atoms with Crippen LogP contribution in [0.4, 0.5) is 0 Å². The van der Waals surface area contributed by atoms with Gasteiger partial charge in [-0.25, -0.2) is 0 Å². The molecule has 0 unspecified atom stereocenters. The van der Waals surface area contributed by atoms with Gasteiger partial charge >= 0.3 is 0 Å². The number of hydrogen-bond donors (Lipinski definition) is 2. The summed E-state index contributed by atoms with van der Waals surface area (Å²) in [5, 5.41) is 9.42. The van der Waals surface area contributed by atoms with Crippen molar-refractivity contribution in [2.24, 2.45) is 5.73 Å². The second-order valence-corrected chi connectivity index (χ2v) is 4.37. The van der Waals surface area contributed by atoms with Crippen LogP contribution in [-0.4, -0.2) is 17.5 Å². The van der Waals surface area contributed by atoms with Crippen molar-refractivity contribution in [1.29, 1.82) is 0 Å². The minimum Gasteiger partial charge on any atom is -0.396 e. The molecule has 0 spiro atoms. The van der Waals surface area contributed by atoms with Crippen molar-refractivity contribution in [3.63, 3.8) is 0 Å². The van der Waals surface area contributed by atoms with Crippen molar-refractivity contribution >= 4 is 23.4 Å². The maximum Gasteiger partial charge on any atom is 0.0545 e. The summed E-state index contributed by atoms with van der Waals surface area (Å²) in [6.07, 6.45) is 0.778. The third-order valence-corrected chi connectivity index (χ3v) is 3.51. The van der Waals surface area contributed by atoms with Crippen LogP contribution in [0.15, 0.2) is 23.1 Å². The Labute approximate surface area is 93.5 Å². The Morgan fingerprint density at radius 1 is 1.43 bits per heavy atom. The molecule has 2 nitrogen and oxygen atoms in total. The van der Waals surface area contributed by atoms with Gasteiger partial charge in [0.1, 0.15) is 0 Å². The maximum absolute atomic E-state index is 8.67. The van der Waals surface area contributed by atoms with Gasteiger partial charge in [-0.1, -0.05) is 23.7 Å². The average Bonchev–Trinajstić information content (AvgIpc) is 2.20. The first-order valence-corrected chi connectivity index (χ1v) is 5.87. The topological polar surface area (TPSA) is 46.2 Å². The zero-order valence-corrected chi connectivity index (χ0v) is 9.44. The summed E-state index contributed by atoms with van der Waals surface area (Å²) < 4.78 is 0. The lowest BCUT2D eigenvalue weighted by Crippen LogP contribution is -1.99. The molecule has 1 rings (SSSR count). The van der Waals surface area contributed by atoms with Crippen LogP contribution in [-0.2, 0) is 6.54 Å². The Morgan fingerprint density at radius 3 is 2.86 bits per heavy atom. The van der Waals surface area contributed by atoms with Gasteiger partial charge in [0, 0.05) is 23.8 Å². The molecule has 0 saturated carbocycles. The molecule has 78 valence electrons. The molecule has 3 N–H and O–H groups in total. The molecule has 0 fully saturated rings. The maximum atomic E-state index is 8.67. The lowest BCUT2D eigenvalue weighted by atomic mass is 10.2. The number of aliphatic hydroxyl groups excluding tert-OH is 1. The van der Waals surface area contributed by atoms with Gasteiger partial charge in [0.2, 0.25) is 0 Å². The molecule has 0 aromatic heterocycles. The minimum absolute atomic E-state index is 0.218. The van der Waals surface area contributed by atoms with E-state index in [1.165, 1.54) is 0 Å². The van der Waals surface area contributed by atoms with Gasteiger partial charge in [-0.05, 0) is 18.1 Å². The van der Waals surface area contributed by atoms with Crippen LogP contribution in [0.1, 0.15) is 12.0 Å². The van der Waals surface area contributed by atoms with Crippen LogP contribution in [0.5, 0.6) is 0 Å². The van der Waals surface area contributed by atoms with E-state index < -0.39 is 0 Å². The summed E-state index contributed by atoms with van der Waals surface area (Å²) in [6, 6.07) is 5.75. The second-order valence-electron chi connectivity index (χ2n) is 2.86. The van der Waals surface area contributed by atoms with E-state index in [9.17, 15) is 0 Å². The molecule has 0 aliphatic rings. The highest BCUT2D eigenvalue weighted by Crippen LogP contribution is 2.30. The fourth-order valence-electron chi connectivity index (χ4n) is 1.11. The van der Waals surface area contributed by atoms with Crippen molar-refractivity contribution in [3.05, 3.63) is 28.8 Å². The molecule has 0 saturated heterocycles. The molecule has 1 aromatic carbocycles. The summed E-state index contributed by atoms with van der Waals surface area (Å²) in [7, 11) is 0. The molecule has 14 heavy (non-hydrogen) atoms. The van der Waals surface area contributed by atoms with E-state index in [0.29, 0.717) is 6.54 Å². The highest BCUT2D eigenvalue weighted by Gasteiger charge is 2.05. The Balaban J connectivity index is 2.72. The molecule has 0 amide bonds. The summed E-state index contributed by atoms with van der Waals surface area (Å²) >= 11 is 7.70. The number of nitrogens with two attached hydrogens (primary N) is 1. The molecular weight excluding hydrogens is 218 g/mol. The van der Waals surface area contributed by atoms with Gasteiger partial charge in [0.15, 0.2) is 0 Å². The third-order valence-electron chi connectivity index (χ3n) is 1.82. The zero-order chi connectivity index (χ0) is 10.4. The Hall–Kier alpha value is -0.220. The smallest absolute Gasteiger partial charge is 0.0545 e. The lowest BCUT2D eigenvalue weighted by molar-refractivity contribution is 0.296. The first-order chi connectivity index (χ1) is 6.79. The highest BCUT2D eigenvalue weighted by molar-refractivity contribution is 7.99. The molecule has 0 aliphatic heterocycles. The molecule has 0 aliphatic carbocycles. The van der Waals surface area contributed by atoms with E-state index in [1.54, 1.807) is 11.8 Å². The normalized spacial score (nSPS) is 10.5. The van der Waals surface area contributed by atoms with E-state index in [1.807, 2.05) is 18.2 Å².